The minimum atomic E-state index is -0.763. The number of ether oxygens (including phenoxy) is 1. The van der Waals surface area contributed by atoms with Gasteiger partial charge in [-0.2, -0.15) is 0 Å². The first-order chi connectivity index (χ1) is 11.9. The summed E-state index contributed by atoms with van der Waals surface area (Å²) >= 11 is 0. The average molecular weight is 341 g/mol. The first-order valence-corrected chi connectivity index (χ1v) is 8.80. The summed E-state index contributed by atoms with van der Waals surface area (Å²) in [5.74, 6) is 0.183. The summed E-state index contributed by atoms with van der Waals surface area (Å²) in [5.41, 5.74) is 3.66. The lowest BCUT2D eigenvalue weighted by Crippen LogP contribution is -2.54. The summed E-state index contributed by atoms with van der Waals surface area (Å²) in [6.07, 6.45) is -0.797. The number of aryl methyl sites for hydroxylation is 2. The molecule has 3 rings (SSSR count). The van der Waals surface area contributed by atoms with Crippen molar-refractivity contribution in [3.05, 3.63) is 65.2 Å². The van der Waals surface area contributed by atoms with Gasteiger partial charge in [-0.05, 0) is 37.5 Å². The highest BCUT2D eigenvalue weighted by molar-refractivity contribution is 5.57. The molecule has 1 aliphatic rings. The Labute approximate surface area is 150 Å². The van der Waals surface area contributed by atoms with Gasteiger partial charge in [0.2, 0.25) is 0 Å². The number of hydrogen-bond donors (Lipinski definition) is 1. The van der Waals surface area contributed by atoms with Gasteiger partial charge < -0.3 is 10.1 Å². The third-order valence-corrected chi connectivity index (χ3v) is 4.73. The number of anilines is 1. The molecule has 1 fully saturated rings. The Morgan fingerprint density at radius 3 is 2.20 bits per heavy atom. The van der Waals surface area contributed by atoms with Crippen LogP contribution in [0.1, 0.15) is 37.5 Å². The third kappa shape index (κ3) is 3.56. The second-order valence-electron chi connectivity index (χ2n) is 7.19. The van der Waals surface area contributed by atoms with Crippen LogP contribution in [0, 0.1) is 19.8 Å². The fourth-order valence-corrected chi connectivity index (χ4v) is 3.06. The molecule has 1 aliphatic heterocycles. The van der Waals surface area contributed by atoms with E-state index >= 15 is 0 Å². The Hall–Kier alpha value is -1.88. The van der Waals surface area contributed by atoms with Gasteiger partial charge in [-0.1, -0.05) is 62.4 Å². The molecule has 0 amide bonds. The van der Waals surface area contributed by atoms with Crippen LogP contribution < -0.4 is 5.32 Å². The van der Waals surface area contributed by atoms with E-state index in [2.05, 4.69) is 51.2 Å². The van der Waals surface area contributed by atoms with Crippen molar-refractivity contribution in [1.82, 2.24) is 0 Å². The zero-order valence-electron chi connectivity index (χ0n) is 15.6. The Morgan fingerprint density at radius 2 is 1.60 bits per heavy atom. The average Bonchev–Trinajstić information content (AvgIpc) is 2.60. The maximum atomic E-state index is 6.27. The van der Waals surface area contributed by atoms with E-state index in [9.17, 15) is 0 Å². The van der Waals surface area contributed by atoms with Crippen molar-refractivity contribution in [3.8, 4) is 0 Å². The molecule has 25 heavy (non-hydrogen) atoms. The van der Waals surface area contributed by atoms with Gasteiger partial charge in [-0.25, -0.2) is 9.78 Å². The van der Waals surface area contributed by atoms with Crippen LogP contribution in [0.2, 0.25) is 0 Å². The molecule has 1 N–H and O–H groups in total. The van der Waals surface area contributed by atoms with Crippen LogP contribution in [0.3, 0.4) is 0 Å². The standard InChI is InChI=1S/C21H27NO3/c1-14(2)19-23-20(22-18-15(3)10-9-11-16(18)4)21(5,25-24-19)17-12-7-6-8-13-17/h6-14,19-20,22H,1-5H3/t19-,20+,21-/m0/s1. The molecule has 4 nitrogen and oxygen atoms in total. The highest BCUT2D eigenvalue weighted by Gasteiger charge is 2.46. The van der Waals surface area contributed by atoms with Gasteiger partial charge in [0.05, 0.1) is 0 Å². The Kier molecular flexibility index (Phi) is 5.13. The molecule has 1 saturated heterocycles. The highest BCUT2D eigenvalue weighted by atomic mass is 17.2. The van der Waals surface area contributed by atoms with Gasteiger partial charge in [-0.15, -0.1) is 0 Å². The monoisotopic (exact) mass is 341 g/mol. The summed E-state index contributed by atoms with van der Waals surface area (Å²) in [5, 5.41) is 3.56. The fourth-order valence-electron chi connectivity index (χ4n) is 3.06. The van der Waals surface area contributed by atoms with Crippen molar-refractivity contribution in [3.63, 3.8) is 0 Å². The lowest BCUT2D eigenvalue weighted by Gasteiger charge is -2.44. The minimum Gasteiger partial charge on any atom is -0.357 e. The molecule has 0 unspecified atom stereocenters. The van der Waals surface area contributed by atoms with Gasteiger partial charge in [0.1, 0.15) is 0 Å². The number of benzene rings is 2. The smallest absolute Gasteiger partial charge is 0.196 e. The molecule has 3 atom stereocenters. The van der Waals surface area contributed by atoms with Crippen LogP contribution in [0.25, 0.3) is 0 Å². The molecular weight excluding hydrogens is 314 g/mol. The Morgan fingerprint density at radius 1 is 0.960 bits per heavy atom. The molecule has 4 heteroatoms. The number of rotatable bonds is 4. The van der Waals surface area contributed by atoms with Crippen LogP contribution in [0.5, 0.6) is 0 Å². The second kappa shape index (κ2) is 7.16. The molecular formula is C21H27NO3. The van der Waals surface area contributed by atoms with Gasteiger partial charge in [0, 0.05) is 11.6 Å². The van der Waals surface area contributed by atoms with Gasteiger partial charge in [-0.3, -0.25) is 0 Å². The largest absolute Gasteiger partial charge is 0.357 e. The van der Waals surface area contributed by atoms with E-state index in [4.69, 9.17) is 14.5 Å². The predicted molar refractivity (Wildman–Crippen MR) is 99.0 cm³/mol. The summed E-state index contributed by atoms with van der Waals surface area (Å²) in [6.45, 7) is 10.3. The van der Waals surface area contributed by atoms with E-state index in [1.165, 1.54) is 11.1 Å². The van der Waals surface area contributed by atoms with Crippen molar-refractivity contribution in [1.29, 1.82) is 0 Å². The van der Waals surface area contributed by atoms with E-state index in [1.807, 2.05) is 37.3 Å². The first kappa shape index (κ1) is 17.9. The quantitative estimate of drug-likeness (QED) is 0.802. The topological polar surface area (TPSA) is 39.7 Å². The van der Waals surface area contributed by atoms with E-state index in [-0.39, 0.29) is 12.1 Å². The Bertz CT molecular complexity index is 696. The predicted octanol–water partition coefficient (Wildman–Crippen LogP) is 4.92. The van der Waals surface area contributed by atoms with Crippen LogP contribution in [-0.4, -0.2) is 12.5 Å². The molecule has 0 aromatic heterocycles. The molecule has 0 radical (unpaired) electrons. The van der Waals surface area contributed by atoms with Crippen molar-refractivity contribution in [2.45, 2.75) is 52.7 Å². The maximum Gasteiger partial charge on any atom is 0.196 e. The molecule has 0 aliphatic carbocycles. The third-order valence-electron chi connectivity index (χ3n) is 4.73. The molecule has 2 aromatic rings. The molecule has 134 valence electrons. The molecule has 0 spiro atoms. The number of hydrogen-bond acceptors (Lipinski definition) is 4. The molecule has 0 bridgehead atoms. The van der Waals surface area contributed by atoms with Crippen molar-refractivity contribution in [2.24, 2.45) is 5.92 Å². The van der Waals surface area contributed by atoms with Crippen LogP contribution in [0.15, 0.2) is 48.5 Å². The summed E-state index contributed by atoms with van der Waals surface area (Å²) in [6, 6.07) is 16.3. The second-order valence-corrected chi connectivity index (χ2v) is 7.19. The zero-order valence-corrected chi connectivity index (χ0v) is 15.6. The SMILES string of the molecule is Cc1cccc(C)c1N[C@@H]1O[C@H](C(C)C)OO[C@@]1(C)c1ccccc1. The van der Waals surface area contributed by atoms with Crippen LogP contribution in [0.4, 0.5) is 5.69 Å². The summed E-state index contributed by atoms with van der Waals surface area (Å²) < 4.78 is 6.27. The zero-order chi connectivity index (χ0) is 18.0. The van der Waals surface area contributed by atoms with Crippen LogP contribution in [-0.2, 0) is 20.1 Å². The fraction of sp³-hybridized carbons (Fsp3) is 0.429. The minimum absolute atomic E-state index is 0.183. The summed E-state index contributed by atoms with van der Waals surface area (Å²) in [7, 11) is 0. The normalized spacial score (nSPS) is 26.6. The van der Waals surface area contributed by atoms with E-state index in [0.29, 0.717) is 0 Å². The van der Waals surface area contributed by atoms with E-state index < -0.39 is 11.9 Å². The van der Waals surface area contributed by atoms with Gasteiger partial charge >= 0.3 is 0 Å². The first-order valence-electron chi connectivity index (χ1n) is 8.80. The lowest BCUT2D eigenvalue weighted by molar-refractivity contribution is -0.494. The van der Waals surface area contributed by atoms with Crippen molar-refractivity contribution >= 4 is 5.69 Å². The number of para-hydroxylation sites is 1. The summed E-state index contributed by atoms with van der Waals surface area (Å²) in [4.78, 5) is 11.5. The molecule has 2 aromatic carbocycles. The highest BCUT2D eigenvalue weighted by Crippen LogP contribution is 2.38. The Balaban J connectivity index is 1.97. The van der Waals surface area contributed by atoms with Crippen LogP contribution >= 0.6 is 0 Å². The molecule has 0 saturated carbocycles. The van der Waals surface area contributed by atoms with E-state index in [1.54, 1.807) is 0 Å². The van der Waals surface area contributed by atoms with Gasteiger partial charge in [0.25, 0.3) is 0 Å². The number of nitrogens with one attached hydrogen (secondary N) is 1. The van der Waals surface area contributed by atoms with Gasteiger partial charge in [0.15, 0.2) is 18.1 Å². The molecule has 1 heterocycles. The lowest BCUT2D eigenvalue weighted by atomic mass is 9.93. The maximum absolute atomic E-state index is 6.27. The van der Waals surface area contributed by atoms with Crippen molar-refractivity contribution < 1.29 is 14.5 Å². The van der Waals surface area contributed by atoms with Crippen molar-refractivity contribution in [2.75, 3.05) is 5.32 Å². The van der Waals surface area contributed by atoms with E-state index in [0.717, 1.165) is 11.3 Å².